The monoisotopic (exact) mass is 214 g/mol. The standard InChI is InChI=1S/C9H14N2O2S/c1-7(9(12)13)3-4-14-8-5-10-11(2)6-8/h5-7H,3-4H2,1-2H3,(H,12,13)/t7-/m1/s1. The van der Waals surface area contributed by atoms with Crippen LogP contribution < -0.4 is 0 Å². The number of carboxylic acids is 1. The van der Waals surface area contributed by atoms with Crippen molar-refractivity contribution >= 4 is 17.7 Å². The second kappa shape index (κ2) is 5.05. The smallest absolute Gasteiger partial charge is 0.306 e. The minimum absolute atomic E-state index is 0.265. The van der Waals surface area contributed by atoms with E-state index in [9.17, 15) is 4.79 Å². The molecule has 0 bridgehead atoms. The SMILES string of the molecule is C[C@H](CCSc1cnn(C)c1)C(=O)O. The minimum Gasteiger partial charge on any atom is -0.481 e. The molecule has 1 atom stereocenters. The Labute approximate surface area is 87.3 Å². The Morgan fingerprint density at radius 1 is 1.79 bits per heavy atom. The fraction of sp³-hybridized carbons (Fsp3) is 0.556. The largest absolute Gasteiger partial charge is 0.481 e. The van der Waals surface area contributed by atoms with E-state index in [1.807, 2.05) is 13.2 Å². The molecule has 0 fully saturated rings. The van der Waals surface area contributed by atoms with Gasteiger partial charge in [-0.25, -0.2) is 0 Å². The highest BCUT2D eigenvalue weighted by atomic mass is 32.2. The average Bonchev–Trinajstić information content (AvgIpc) is 2.51. The van der Waals surface area contributed by atoms with E-state index in [2.05, 4.69) is 5.10 Å². The normalized spacial score (nSPS) is 12.7. The van der Waals surface area contributed by atoms with Gasteiger partial charge >= 0.3 is 5.97 Å². The molecule has 78 valence electrons. The van der Waals surface area contributed by atoms with Crippen molar-refractivity contribution in [2.24, 2.45) is 13.0 Å². The maximum absolute atomic E-state index is 10.5. The first-order chi connectivity index (χ1) is 6.59. The number of aryl methyl sites for hydroxylation is 1. The Morgan fingerprint density at radius 3 is 3.00 bits per heavy atom. The van der Waals surface area contributed by atoms with Gasteiger partial charge in [-0.1, -0.05) is 6.92 Å². The predicted octanol–water partition coefficient (Wildman–Crippen LogP) is 1.62. The molecule has 0 saturated carbocycles. The van der Waals surface area contributed by atoms with Crippen molar-refractivity contribution in [2.45, 2.75) is 18.2 Å². The molecule has 0 amide bonds. The molecule has 1 aromatic heterocycles. The van der Waals surface area contributed by atoms with Crippen LogP contribution in [0.1, 0.15) is 13.3 Å². The van der Waals surface area contributed by atoms with Crippen LogP contribution in [0.15, 0.2) is 17.3 Å². The van der Waals surface area contributed by atoms with E-state index in [1.165, 1.54) is 0 Å². The van der Waals surface area contributed by atoms with Gasteiger partial charge in [-0.15, -0.1) is 11.8 Å². The first-order valence-electron chi connectivity index (χ1n) is 4.44. The molecular formula is C9H14N2O2S. The lowest BCUT2D eigenvalue weighted by Crippen LogP contribution is -2.09. The Kier molecular flexibility index (Phi) is 4.00. The molecule has 14 heavy (non-hydrogen) atoms. The molecular weight excluding hydrogens is 200 g/mol. The predicted molar refractivity (Wildman–Crippen MR) is 55.3 cm³/mol. The maximum atomic E-state index is 10.5. The van der Waals surface area contributed by atoms with Gasteiger partial charge in [0.25, 0.3) is 0 Å². The summed E-state index contributed by atoms with van der Waals surface area (Å²) in [6, 6.07) is 0. The first-order valence-corrected chi connectivity index (χ1v) is 5.42. The zero-order valence-electron chi connectivity index (χ0n) is 8.30. The van der Waals surface area contributed by atoms with Crippen LogP contribution in [0.4, 0.5) is 0 Å². The number of thioether (sulfide) groups is 1. The van der Waals surface area contributed by atoms with Crippen LogP contribution in [-0.4, -0.2) is 26.6 Å². The third-order valence-corrected chi connectivity index (χ3v) is 2.91. The molecule has 0 radical (unpaired) electrons. The second-order valence-electron chi connectivity index (χ2n) is 3.23. The van der Waals surface area contributed by atoms with Crippen LogP contribution in [0.3, 0.4) is 0 Å². The maximum Gasteiger partial charge on any atom is 0.306 e. The van der Waals surface area contributed by atoms with Gasteiger partial charge in [0.2, 0.25) is 0 Å². The van der Waals surface area contributed by atoms with Crippen LogP contribution in [0.2, 0.25) is 0 Å². The number of aliphatic carboxylic acids is 1. The Balaban J connectivity index is 2.25. The molecule has 0 unspecified atom stereocenters. The topological polar surface area (TPSA) is 55.1 Å². The zero-order valence-corrected chi connectivity index (χ0v) is 9.12. The van der Waals surface area contributed by atoms with Crippen molar-refractivity contribution < 1.29 is 9.90 Å². The quantitative estimate of drug-likeness (QED) is 0.757. The Hall–Kier alpha value is -0.970. The summed E-state index contributed by atoms with van der Waals surface area (Å²) in [6.07, 6.45) is 4.40. The lowest BCUT2D eigenvalue weighted by molar-refractivity contribution is -0.141. The highest BCUT2D eigenvalue weighted by Gasteiger charge is 2.10. The molecule has 1 N–H and O–H groups in total. The van der Waals surface area contributed by atoms with Crippen molar-refractivity contribution in [1.29, 1.82) is 0 Å². The third kappa shape index (κ3) is 3.41. The van der Waals surface area contributed by atoms with Crippen molar-refractivity contribution in [2.75, 3.05) is 5.75 Å². The van der Waals surface area contributed by atoms with Crippen molar-refractivity contribution in [1.82, 2.24) is 9.78 Å². The number of aromatic nitrogens is 2. The number of nitrogens with zero attached hydrogens (tertiary/aromatic N) is 2. The second-order valence-corrected chi connectivity index (χ2v) is 4.39. The molecule has 0 spiro atoms. The van der Waals surface area contributed by atoms with Gasteiger partial charge in [-0.3, -0.25) is 9.48 Å². The molecule has 0 aliphatic carbocycles. The molecule has 1 heterocycles. The van der Waals surface area contributed by atoms with E-state index in [-0.39, 0.29) is 5.92 Å². The first kappa shape index (κ1) is 11.1. The zero-order chi connectivity index (χ0) is 10.6. The third-order valence-electron chi connectivity index (χ3n) is 1.92. The molecule has 1 aromatic rings. The van der Waals surface area contributed by atoms with E-state index < -0.39 is 5.97 Å². The highest BCUT2D eigenvalue weighted by Crippen LogP contribution is 2.19. The lowest BCUT2D eigenvalue weighted by Gasteiger charge is -2.03. The minimum atomic E-state index is -0.725. The van der Waals surface area contributed by atoms with Crippen LogP contribution in [0, 0.1) is 5.92 Å². The van der Waals surface area contributed by atoms with Gasteiger partial charge in [-0.2, -0.15) is 5.10 Å². The summed E-state index contributed by atoms with van der Waals surface area (Å²) in [5, 5.41) is 12.7. The van der Waals surface area contributed by atoms with Crippen molar-refractivity contribution in [3.63, 3.8) is 0 Å². The molecule has 5 heteroatoms. The summed E-state index contributed by atoms with van der Waals surface area (Å²) in [6.45, 7) is 1.73. The fourth-order valence-electron chi connectivity index (χ4n) is 0.950. The van der Waals surface area contributed by atoms with Gasteiger partial charge in [-0.05, 0) is 12.2 Å². The van der Waals surface area contributed by atoms with E-state index in [0.29, 0.717) is 6.42 Å². The number of carbonyl (C=O) groups is 1. The molecule has 0 aromatic carbocycles. The van der Waals surface area contributed by atoms with E-state index in [0.717, 1.165) is 10.6 Å². The lowest BCUT2D eigenvalue weighted by atomic mass is 10.1. The van der Waals surface area contributed by atoms with Crippen molar-refractivity contribution in [3.8, 4) is 0 Å². The summed E-state index contributed by atoms with van der Waals surface area (Å²) >= 11 is 1.64. The van der Waals surface area contributed by atoms with Crippen molar-refractivity contribution in [3.05, 3.63) is 12.4 Å². The number of hydrogen-bond donors (Lipinski definition) is 1. The Bertz CT molecular complexity index is 312. The summed E-state index contributed by atoms with van der Waals surface area (Å²) in [7, 11) is 1.87. The molecule has 1 rings (SSSR count). The molecule has 0 aliphatic rings. The number of hydrogen-bond acceptors (Lipinski definition) is 3. The summed E-state index contributed by atoms with van der Waals surface area (Å²) in [4.78, 5) is 11.6. The van der Waals surface area contributed by atoms with Gasteiger partial charge < -0.3 is 5.11 Å². The van der Waals surface area contributed by atoms with Gasteiger partial charge in [0, 0.05) is 18.1 Å². The van der Waals surface area contributed by atoms with E-state index in [1.54, 1.807) is 29.6 Å². The van der Waals surface area contributed by atoms with E-state index in [4.69, 9.17) is 5.11 Å². The van der Waals surface area contributed by atoms with Gasteiger partial charge in [0.15, 0.2) is 0 Å². The van der Waals surface area contributed by atoms with Crippen LogP contribution >= 0.6 is 11.8 Å². The van der Waals surface area contributed by atoms with Gasteiger partial charge in [0.1, 0.15) is 0 Å². The van der Waals surface area contributed by atoms with E-state index >= 15 is 0 Å². The number of carboxylic acid groups (broad SMARTS) is 1. The average molecular weight is 214 g/mol. The van der Waals surface area contributed by atoms with Crippen LogP contribution in [0.5, 0.6) is 0 Å². The fourth-order valence-corrected chi connectivity index (χ4v) is 2.01. The molecule has 4 nitrogen and oxygen atoms in total. The Morgan fingerprint density at radius 2 is 2.50 bits per heavy atom. The molecule has 0 aliphatic heterocycles. The van der Waals surface area contributed by atoms with Crippen LogP contribution in [-0.2, 0) is 11.8 Å². The highest BCUT2D eigenvalue weighted by molar-refractivity contribution is 7.99. The summed E-state index contributed by atoms with van der Waals surface area (Å²) in [5.41, 5.74) is 0. The number of rotatable bonds is 5. The molecule has 0 saturated heterocycles. The van der Waals surface area contributed by atoms with Crippen LogP contribution in [0.25, 0.3) is 0 Å². The van der Waals surface area contributed by atoms with Gasteiger partial charge in [0.05, 0.1) is 12.1 Å². The summed E-state index contributed by atoms with van der Waals surface area (Å²) < 4.78 is 1.74. The summed E-state index contributed by atoms with van der Waals surface area (Å²) in [5.74, 6) is -0.171.